The summed E-state index contributed by atoms with van der Waals surface area (Å²) in [5, 5.41) is 0. The molecule has 1 rings (SSSR count). The first-order valence-electron chi connectivity index (χ1n) is 6.62. The Morgan fingerprint density at radius 2 is 1.75 bits per heavy atom. The lowest BCUT2D eigenvalue weighted by molar-refractivity contribution is -0.125. The zero-order valence-corrected chi connectivity index (χ0v) is 12.8. The fourth-order valence-corrected chi connectivity index (χ4v) is 1.86. The van der Waals surface area contributed by atoms with E-state index in [9.17, 15) is 4.79 Å². The molecule has 0 fully saturated rings. The summed E-state index contributed by atoms with van der Waals surface area (Å²) in [5.74, 6) is 1.84. The molecule has 1 amide bonds. The molecular formula is C16H23NO3. The van der Waals surface area contributed by atoms with Crippen LogP contribution in [0.4, 0.5) is 0 Å². The van der Waals surface area contributed by atoms with Gasteiger partial charge < -0.3 is 14.4 Å². The van der Waals surface area contributed by atoms with Crippen molar-refractivity contribution in [2.75, 3.05) is 27.8 Å². The van der Waals surface area contributed by atoms with Gasteiger partial charge in [-0.15, -0.1) is 0 Å². The van der Waals surface area contributed by atoms with Crippen LogP contribution in [0, 0.1) is 5.92 Å². The average Bonchev–Trinajstić information content (AvgIpc) is 2.43. The van der Waals surface area contributed by atoms with E-state index in [2.05, 4.69) is 13.8 Å². The van der Waals surface area contributed by atoms with Crippen LogP contribution in [0.15, 0.2) is 24.3 Å². The first kappa shape index (κ1) is 16.1. The lowest BCUT2D eigenvalue weighted by Gasteiger charge is -2.17. The van der Waals surface area contributed by atoms with Gasteiger partial charge in [-0.2, -0.15) is 0 Å². The summed E-state index contributed by atoms with van der Waals surface area (Å²) in [6, 6.07) is 5.51. The van der Waals surface area contributed by atoms with E-state index in [-0.39, 0.29) is 5.91 Å². The lowest BCUT2D eigenvalue weighted by atomic mass is 10.1. The van der Waals surface area contributed by atoms with Crippen molar-refractivity contribution in [1.29, 1.82) is 0 Å². The third-order valence-corrected chi connectivity index (χ3v) is 2.81. The molecule has 0 N–H and O–H groups in total. The quantitative estimate of drug-likeness (QED) is 0.751. The van der Waals surface area contributed by atoms with Gasteiger partial charge in [-0.25, -0.2) is 0 Å². The van der Waals surface area contributed by atoms with Crippen LogP contribution < -0.4 is 9.47 Å². The third kappa shape index (κ3) is 4.96. The Morgan fingerprint density at radius 3 is 2.20 bits per heavy atom. The van der Waals surface area contributed by atoms with Gasteiger partial charge in [-0.05, 0) is 29.7 Å². The third-order valence-electron chi connectivity index (χ3n) is 2.81. The molecule has 0 spiro atoms. The monoisotopic (exact) mass is 277 g/mol. The molecule has 0 aliphatic carbocycles. The molecule has 0 bridgehead atoms. The van der Waals surface area contributed by atoms with Crippen molar-refractivity contribution in [1.82, 2.24) is 4.90 Å². The highest BCUT2D eigenvalue weighted by molar-refractivity contribution is 5.91. The molecule has 0 unspecified atom stereocenters. The van der Waals surface area contributed by atoms with E-state index in [1.54, 1.807) is 44.4 Å². The predicted octanol–water partition coefficient (Wildman–Crippen LogP) is 2.83. The zero-order valence-electron chi connectivity index (χ0n) is 12.8. The van der Waals surface area contributed by atoms with Gasteiger partial charge in [0.05, 0.1) is 14.2 Å². The van der Waals surface area contributed by atoms with Gasteiger partial charge in [0.15, 0.2) is 0 Å². The van der Waals surface area contributed by atoms with Gasteiger partial charge in [0, 0.05) is 25.7 Å². The second kappa shape index (κ2) is 7.58. The Balaban J connectivity index is 2.81. The summed E-state index contributed by atoms with van der Waals surface area (Å²) in [5.41, 5.74) is 0.868. The van der Waals surface area contributed by atoms with Crippen molar-refractivity contribution in [3.8, 4) is 11.5 Å². The molecule has 110 valence electrons. The molecule has 1 aromatic carbocycles. The van der Waals surface area contributed by atoms with E-state index >= 15 is 0 Å². The van der Waals surface area contributed by atoms with E-state index < -0.39 is 0 Å². The number of rotatable bonds is 6. The van der Waals surface area contributed by atoms with Crippen molar-refractivity contribution in [3.63, 3.8) is 0 Å². The SMILES string of the molecule is COc1cc(/C=C/C(=O)N(C)CC(C)C)cc(OC)c1. The van der Waals surface area contributed by atoms with E-state index in [1.165, 1.54) is 0 Å². The fourth-order valence-electron chi connectivity index (χ4n) is 1.86. The number of likely N-dealkylation sites (N-methyl/N-ethyl adjacent to an activating group) is 1. The summed E-state index contributed by atoms with van der Waals surface area (Å²) in [4.78, 5) is 13.6. The molecule has 4 nitrogen and oxygen atoms in total. The summed E-state index contributed by atoms with van der Waals surface area (Å²) in [6.07, 6.45) is 3.33. The highest BCUT2D eigenvalue weighted by atomic mass is 16.5. The van der Waals surface area contributed by atoms with Gasteiger partial charge in [0.1, 0.15) is 11.5 Å². The number of methoxy groups -OCH3 is 2. The van der Waals surface area contributed by atoms with Gasteiger partial charge in [0.2, 0.25) is 5.91 Å². The molecule has 0 aromatic heterocycles. The maximum Gasteiger partial charge on any atom is 0.246 e. The maximum absolute atomic E-state index is 11.9. The Morgan fingerprint density at radius 1 is 1.20 bits per heavy atom. The minimum Gasteiger partial charge on any atom is -0.497 e. The van der Waals surface area contributed by atoms with Crippen LogP contribution >= 0.6 is 0 Å². The van der Waals surface area contributed by atoms with Crippen LogP contribution in [-0.4, -0.2) is 38.6 Å². The molecular weight excluding hydrogens is 254 g/mol. The molecule has 4 heteroatoms. The molecule has 1 aromatic rings. The van der Waals surface area contributed by atoms with Gasteiger partial charge in [0.25, 0.3) is 0 Å². The summed E-state index contributed by atoms with van der Waals surface area (Å²) >= 11 is 0. The Bertz CT molecular complexity index is 458. The van der Waals surface area contributed by atoms with Gasteiger partial charge >= 0.3 is 0 Å². The fraction of sp³-hybridized carbons (Fsp3) is 0.438. The van der Waals surface area contributed by atoms with Crippen molar-refractivity contribution >= 4 is 12.0 Å². The number of ether oxygens (including phenoxy) is 2. The molecule has 20 heavy (non-hydrogen) atoms. The lowest BCUT2D eigenvalue weighted by Crippen LogP contribution is -2.28. The smallest absolute Gasteiger partial charge is 0.246 e. The summed E-state index contributed by atoms with van der Waals surface area (Å²) < 4.78 is 10.4. The normalized spacial score (nSPS) is 10.9. The van der Waals surface area contributed by atoms with Crippen molar-refractivity contribution in [2.45, 2.75) is 13.8 Å². The predicted molar refractivity (Wildman–Crippen MR) is 81.1 cm³/mol. The second-order valence-electron chi connectivity index (χ2n) is 5.09. The minimum atomic E-state index is -0.0134. The molecule has 0 radical (unpaired) electrons. The van der Waals surface area contributed by atoms with Crippen LogP contribution in [-0.2, 0) is 4.79 Å². The molecule has 0 atom stereocenters. The zero-order chi connectivity index (χ0) is 15.1. The van der Waals surface area contributed by atoms with Crippen LogP contribution in [0.3, 0.4) is 0 Å². The maximum atomic E-state index is 11.9. The number of hydrogen-bond acceptors (Lipinski definition) is 3. The molecule has 0 saturated heterocycles. The van der Waals surface area contributed by atoms with Crippen LogP contribution in [0.1, 0.15) is 19.4 Å². The van der Waals surface area contributed by atoms with Crippen LogP contribution in [0.25, 0.3) is 6.08 Å². The standard InChI is InChI=1S/C16H23NO3/c1-12(2)11-17(3)16(18)7-6-13-8-14(19-4)10-15(9-13)20-5/h6-10,12H,11H2,1-5H3/b7-6+. The first-order valence-corrected chi connectivity index (χ1v) is 6.62. The topological polar surface area (TPSA) is 38.8 Å². The summed E-state index contributed by atoms with van der Waals surface area (Å²) in [7, 11) is 5.01. The van der Waals surface area contributed by atoms with E-state index in [0.29, 0.717) is 17.4 Å². The first-order chi connectivity index (χ1) is 9.46. The Kier molecular flexibility index (Phi) is 6.10. The minimum absolute atomic E-state index is 0.0134. The van der Waals surface area contributed by atoms with Crippen molar-refractivity contribution in [2.24, 2.45) is 5.92 Å². The summed E-state index contributed by atoms with van der Waals surface area (Å²) in [6.45, 7) is 4.91. The van der Waals surface area contributed by atoms with E-state index in [4.69, 9.17) is 9.47 Å². The Labute approximate surface area is 121 Å². The van der Waals surface area contributed by atoms with Gasteiger partial charge in [-0.3, -0.25) is 4.79 Å². The molecule has 0 heterocycles. The van der Waals surface area contributed by atoms with Crippen LogP contribution in [0.5, 0.6) is 11.5 Å². The van der Waals surface area contributed by atoms with E-state index in [1.807, 2.05) is 12.1 Å². The van der Waals surface area contributed by atoms with Gasteiger partial charge in [-0.1, -0.05) is 13.8 Å². The number of carbonyl (C=O) groups is 1. The van der Waals surface area contributed by atoms with Crippen LogP contribution in [0.2, 0.25) is 0 Å². The molecule has 0 aliphatic rings. The number of amides is 1. The highest BCUT2D eigenvalue weighted by Crippen LogP contribution is 2.23. The van der Waals surface area contributed by atoms with Crippen molar-refractivity contribution in [3.05, 3.63) is 29.8 Å². The number of carbonyl (C=O) groups excluding carboxylic acids is 1. The number of hydrogen-bond donors (Lipinski definition) is 0. The second-order valence-corrected chi connectivity index (χ2v) is 5.09. The Hall–Kier alpha value is -1.97. The number of nitrogens with zero attached hydrogens (tertiary/aromatic N) is 1. The largest absolute Gasteiger partial charge is 0.497 e. The van der Waals surface area contributed by atoms with E-state index in [0.717, 1.165) is 12.1 Å². The number of benzene rings is 1. The highest BCUT2D eigenvalue weighted by Gasteiger charge is 2.07. The molecule has 0 saturated carbocycles. The average molecular weight is 277 g/mol. The van der Waals surface area contributed by atoms with Crippen molar-refractivity contribution < 1.29 is 14.3 Å². The molecule has 0 aliphatic heterocycles.